The molecule has 0 atom stereocenters. The molecular weight excluding hydrogens is 366 g/mol. The van der Waals surface area contributed by atoms with Crippen LogP contribution in [0.1, 0.15) is 17.3 Å². The molecule has 3 rings (SSSR count). The van der Waals surface area contributed by atoms with Gasteiger partial charge in [-0.25, -0.2) is 8.42 Å². The Morgan fingerprint density at radius 2 is 2.00 bits per heavy atom. The molecule has 0 aliphatic heterocycles. The molecule has 8 heteroatoms. The van der Waals surface area contributed by atoms with Crippen LogP contribution in [0, 0.1) is 0 Å². The number of fused-ring (bicyclic) bond motifs is 1. The zero-order valence-electron chi connectivity index (χ0n) is 14.9. The number of nitrogens with two attached hydrogens (primary N) is 1. The number of carbonyl (C=O) groups excluding carboxylic acids is 1. The van der Waals surface area contributed by atoms with Gasteiger partial charge in [-0.05, 0) is 30.3 Å². The van der Waals surface area contributed by atoms with Crippen LogP contribution in [-0.4, -0.2) is 32.2 Å². The van der Waals surface area contributed by atoms with Gasteiger partial charge in [0.15, 0.2) is 9.84 Å². The number of amides is 1. The van der Waals surface area contributed by atoms with Gasteiger partial charge in [0, 0.05) is 23.3 Å². The molecule has 0 bridgehead atoms. The van der Waals surface area contributed by atoms with Crippen LogP contribution in [0.2, 0.25) is 0 Å². The number of carbonyl (C=O) groups is 1. The van der Waals surface area contributed by atoms with Gasteiger partial charge in [0.05, 0.1) is 34.5 Å². The predicted octanol–water partition coefficient (Wildman–Crippen LogP) is 2.88. The number of ether oxygens (including phenoxy) is 1. The number of pyridine rings is 1. The summed E-state index contributed by atoms with van der Waals surface area (Å²) in [6, 6.07) is 11.8. The summed E-state index contributed by atoms with van der Waals surface area (Å²) >= 11 is 0. The average molecular weight is 385 g/mol. The molecule has 27 heavy (non-hydrogen) atoms. The largest absolute Gasteiger partial charge is 0.497 e. The Balaban J connectivity index is 2.24. The van der Waals surface area contributed by atoms with Crippen molar-refractivity contribution in [3.63, 3.8) is 0 Å². The SMILES string of the molecule is CCS(=O)(=O)c1ccc2ncc(C(N)=O)c(Nc3cccc(OC)c3)c2c1. The first-order valence-electron chi connectivity index (χ1n) is 8.22. The van der Waals surface area contributed by atoms with Crippen LogP contribution < -0.4 is 15.8 Å². The van der Waals surface area contributed by atoms with Crippen molar-refractivity contribution >= 4 is 38.0 Å². The highest BCUT2D eigenvalue weighted by molar-refractivity contribution is 7.91. The molecule has 0 unspecified atom stereocenters. The lowest BCUT2D eigenvalue weighted by Crippen LogP contribution is -2.14. The quantitative estimate of drug-likeness (QED) is 0.675. The molecule has 0 aliphatic rings. The summed E-state index contributed by atoms with van der Waals surface area (Å²) in [5, 5.41) is 3.64. The molecule has 1 aromatic heterocycles. The summed E-state index contributed by atoms with van der Waals surface area (Å²) in [4.78, 5) is 16.3. The van der Waals surface area contributed by atoms with E-state index in [9.17, 15) is 13.2 Å². The normalized spacial score (nSPS) is 11.3. The lowest BCUT2D eigenvalue weighted by Gasteiger charge is -2.14. The number of benzene rings is 2. The molecule has 1 heterocycles. The fraction of sp³-hybridized carbons (Fsp3) is 0.158. The van der Waals surface area contributed by atoms with Crippen LogP contribution in [0.5, 0.6) is 5.75 Å². The minimum absolute atomic E-state index is 0.0277. The van der Waals surface area contributed by atoms with E-state index < -0.39 is 15.7 Å². The van der Waals surface area contributed by atoms with Gasteiger partial charge in [0.1, 0.15) is 5.75 Å². The summed E-state index contributed by atoms with van der Waals surface area (Å²) < 4.78 is 29.7. The zero-order chi connectivity index (χ0) is 19.6. The van der Waals surface area contributed by atoms with Gasteiger partial charge < -0.3 is 15.8 Å². The van der Waals surface area contributed by atoms with E-state index in [0.29, 0.717) is 28.0 Å². The molecule has 0 spiro atoms. The highest BCUT2D eigenvalue weighted by Gasteiger charge is 2.18. The van der Waals surface area contributed by atoms with Crippen molar-refractivity contribution in [2.75, 3.05) is 18.2 Å². The summed E-state index contributed by atoms with van der Waals surface area (Å²) in [6.45, 7) is 1.58. The van der Waals surface area contributed by atoms with Crippen molar-refractivity contribution in [2.24, 2.45) is 5.73 Å². The smallest absolute Gasteiger partial charge is 0.252 e. The van der Waals surface area contributed by atoms with Crippen molar-refractivity contribution < 1.29 is 17.9 Å². The van der Waals surface area contributed by atoms with E-state index in [2.05, 4.69) is 10.3 Å². The molecular formula is C19H19N3O4S. The number of aromatic nitrogens is 1. The van der Waals surface area contributed by atoms with Crippen molar-refractivity contribution in [1.29, 1.82) is 0 Å². The third-order valence-corrected chi connectivity index (χ3v) is 5.92. The van der Waals surface area contributed by atoms with Gasteiger partial charge in [0.25, 0.3) is 5.91 Å². The molecule has 0 aliphatic carbocycles. The molecule has 3 aromatic rings. The Bertz CT molecular complexity index is 1130. The molecule has 0 fully saturated rings. The number of methoxy groups -OCH3 is 1. The van der Waals surface area contributed by atoms with Crippen molar-refractivity contribution in [1.82, 2.24) is 4.98 Å². The molecule has 1 amide bonds. The Morgan fingerprint density at radius 1 is 1.22 bits per heavy atom. The first-order valence-corrected chi connectivity index (χ1v) is 9.87. The Labute approximate surface area is 157 Å². The van der Waals surface area contributed by atoms with Crippen molar-refractivity contribution in [2.45, 2.75) is 11.8 Å². The first-order chi connectivity index (χ1) is 12.9. The minimum Gasteiger partial charge on any atom is -0.497 e. The average Bonchev–Trinajstić information content (AvgIpc) is 2.67. The summed E-state index contributed by atoms with van der Waals surface area (Å²) in [6.07, 6.45) is 1.38. The third kappa shape index (κ3) is 3.70. The Kier molecular flexibility index (Phi) is 5.00. The maximum Gasteiger partial charge on any atom is 0.252 e. The highest BCUT2D eigenvalue weighted by atomic mass is 32.2. The van der Waals surface area contributed by atoms with Gasteiger partial charge in [-0.15, -0.1) is 0 Å². The fourth-order valence-corrected chi connectivity index (χ4v) is 3.60. The van der Waals surface area contributed by atoms with Gasteiger partial charge in [-0.2, -0.15) is 0 Å². The number of rotatable bonds is 6. The van der Waals surface area contributed by atoms with Crippen LogP contribution in [0.15, 0.2) is 53.6 Å². The number of hydrogen-bond acceptors (Lipinski definition) is 6. The van der Waals surface area contributed by atoms with E-state index in [0.717, 1.165) is 0 Å². The lowest BCUT2D eigenvalue weighted by molar-refractivity contribution is 0.100. The lowest BCUT2D eigenvalue weighted by atomic mass is 10.1. The van der Waals surface area contributed by atoms with E-state index in [-0.39, 0.29) is 16.2 Å². The predicted molar refractivity (Wildman–Crippen MR) is 104 cm³/mol. The summed E-state index contributed by atoms with van der Waals surface area (Å²) in [7, 11) is -1.86. The molecule has 0 saturated heterocycles. The molecule has 7 nitrogen and oxygen atoms in total. The summed E-state index contributed by atoms with van der Waals surface area (Å²) in [5.41, 5.74) is 7.27. The second kappa shape index (κ2) is 7.24. The molecule has 140 valence electrons. The molecule has 0 radical (unpaired) electrons. The Morgan fingerprint density at radius 3 is 2.67 bits per heavy atom. The Hall–Kier alpha value is -3.13. The van der Waals surface area contributed by atoms with E-state index in [1.54, 1.807) is 44.4 Å². The maximum atomic E-state index is 12.3. The molecule has 2 aromatic carbocycles. The minimum atomic E-state index is -3.41. The number of primary amides is 1. The first kappa shape index (κ1) is 18.7. The number of sulfone groups is 1. The van der Waals surface area contributed by atoms with E-state index in [1.807, 2.05) is 0 Å². The van der Waals surface area contributed by atoms with Crippen LogP contribution in [0.3, 0.4) is 0 Å². The van der Waals surface area contributed by atoms with Crippen LogP contribution in [0.4, 0.5) is 11.4 Å². The molecule has 3 N–H and O–H groups in total. The van der Waals surface area contributed by atoms with Crippen LogP contribution in [0.25, 0.3) is 10.9 Å². The number of nitrogens with one attached hydrogen (secondary N) is 1. The van der Waals surface area contributed by atoms with Crippen molar-refractivity contribution in [3.05, 3.63) is 54.2 Å². The van der Waals surface area contributed by atoms with Crippen LogP contribution >= 0.6 is 0 Å². The third-order valence-electron chi connectivity index (χ3n) is 4.18. The standard InChI is InChI=1S/C19H19N3O4S/c1-3-27(24,25)14-7-8-17-15(10-14)18(16(11-21-17)19(20)23)22-12-5-4-6-13(9-12)26-2/h4-11H,3H2,1-2H3,(H2,20,23)(H,21,22). The van der Waals surface area contributed by atoms with E-state index >= 15 is 0 Å². The summed E-state index contributed by atoms with van der Waals surface area (Å²) in [5.74, 6) is -0.0631. The van der Waals surface area contributed by atoms with E-state index in [1.165, 1.54) is 18.3 Å². The highest BCUT2D eigenvalue weighted by Crippen LogP contribution is 2.32. The van der Waals surface area contributed by atoms with Gasteiger partial charge in [0.2, 0.25) is 0 Å². The van der Waals surface area contributed by atoms with E-state index in [4.69, 9.17) is 10.5 Å². The van der Waals surface area contributed by atoms with Gasteiger partial charge in [-0.3, -0.25) is 9.78 Å². The fourth-order valence-electron chi connectivity index (χ4n) is 2.70. The number of nitrogens with zero attached hydrogens (tertiary/aromatic N) is 1. The second-order valence-corrected chi connectivity index (χ2v) is 8.13. The maximum absolute atomic E-state index is 12.3. The van der Waals surface area contributed by atoms with Gasteiger partial charge >= 0.3 is 0 Å². The second-order valence-electron chi connectivity index (χ2n) is 5.85. The number of anilines is 2. The van der Waals surface area contributed by atoms with Crippen LogP contribution in [-0.2, 0) is 9.84 Å². The molecule has 0 saturated carbocycles. The topological polar surface area (TPSA) is 111 Å². The van der Waals surface area contributed by atoms with Gasteiger partial charge in [-0.1, -0.05) is 13.0 Å². The number of hydrogen-bond donors (Lipinski definition) is 2. The monoisotopic (exact) mass is 385 g/mol. The van der Waals surface area contributed by atoms with Crippen molar-refractivity contribution in [3.8, 4) is 5.75 Å². The zero-order valence-corrected chi connectivity index (χ0v) is 15.7.